The van der Waals surface area contributed by atoms with E-state index in [0.29, 0.717) is 17.1 Å². The number of aromatic nitrogens is 4. The molecule has 0 radical (unpaired) electrons. The zero-order valence-corrected chi connectivity index (χ0v) is 13.9. The number of benzene rings is 1. The van der Waals surface area contributed by atoms with Crippen LogP contribution in [0.1, 0.15) is 16.1 Å². The highest BCUT2D eigenvalue weighted by molar-refractivity contribution is 6.30. The summed E-state index contributed by atoms with van der Waals surface area (Å²) in [6.07, 6.45) is 6.87. The molecular weight excluding hydrogens is 338 g/mol. The summed E-state index contributed by atoms with van der Waals surface area (Å²) >= 11 is 5.96. The highest BCUT2D eigenvalue weighted by Gasteiger charge is 2.10. The van der Waals surface area contributed by atoms with Gasteiger partial charge >= 0.3 is 0 Å². The monoisotopic (exact) mass is 351 g/mol. The summed E-state index contributed by atoms with van der Waals surface area (Å²) in [7, 11) is 0. The van der Waals surface area contributed by atoms with Crippen LogP contribution in [0.15, 0.2) is 67.3 Å². The molecule has 0 saturated carbocycles. The molecule has 0 unspecified atom stereocenters. The third kappa shape index (κ3) is 3.25. The van der Waals surface area contributed by atoms with Crippen molar-refractivity contribution in [2.75, 3.05) is 0 Å². The van der Waals surface area contributed by atoms with E-state index in [0.717, 1.165) is 17.0 Å². The molecule has 3 aromatic heterocycles. The zero-order chi connectivity index (χ0) is 17.2. The number of nitrogens with zero attached hydrogens (tertiary/aromatic N) is 4. The maximum Gasteiger partial charge on any atom is 0.254 e. The Balaban J connectivity index is 1.46. The molecule has 124 valence electrons. The number of halogens is 1. The van der Waals surface area contributed by atoms with Crippen molar-refractivity contribution in [2.24, 2.45) is 0 Å². The molecule has 6 nitrogen and oxygen atoms in total. The van der Waals surface area contributed by atoms with E-state index >= 15 is 0 Å². The van der Waals surface area contributed by atoms with Crippen LogP contribution in [0.3, 0.4) is 0 Å². The molecule has 0 saturated heterocycles. The molecule has 0 spiro atoms. The van der Waals surface area contributed by atoms with Crippen molar-refractivity contribution in [2.45, 2.75) is 6.54 Å². The molecule has 0 aliphatic carbocycles. The lowest BCUT2D eigenvalue weighted by molar-refractivity contribution is 0.0950. The van der Waals surface area contributed by atoms with Gasteiger partial charge in [0, 0.05) is 18.6 Å². The van der Waals surface area contributed by atoms with Crippen molar-refractivity contribution in [3.63, 3.8) is 0 Å². The lowest BCUT2D eigenvalue weighted by Gasteiger charge is -2.01. The van der Waals surface area contributed by atoms with Crippen molar-refractivity contribution in [1.82, 2.24) is 24.5 Å². The van der Waals surface area contributed by atoms with Gasteiger partial charge < -0.3 is 9.72 Å². The second-order valence-electron chi connectivity index (χ2n) is 5.54. The van der Waals surface area contributed by atoms with E-state index in [1.165, 1.54) is 0 Å². The number of fused-ring (bicyclic) bond motifs is 1. The van der Waals surface area contributed by atoms with Crippen LogP contribution in [0.25, 0.3) is 11.3 Å². The minimum atomic E-state index is -0.197. The molecule has 0 bridgehead atoms. The molecule has 1 aromatic carbocycles. The van der Waals surface area contributed by atoms with Crippen LogP contribution in [0.2, 0.25) is 5.02 Å². The SMILES string of the molecule is O=C(NCc1cn2cc(Cl)ccc2n1)c1cnn(-c2ccccc2)c1. The number of hydrogen-bond donors (Lipinski definition) is 1. The van der Waals surface area contributed by atoms with Gasteiger partial charge in [-0.3, -0.25) is 4.79 Å². The highest BCUT2D eigenvalue weighted by Crippen LogP contribution is 2.12. The van der Waals surface area contributed by atoms with Crippen LogP contribution in [-0.2, 0) is 6.54 Å². The first-order valence-corrected chi connectivity index (χ1v) is 8.08. The Bertz CT molecular complexity index is 1040. The van der Waals surface area contributed by atoms with Gasteiger partial charge in [-0.05, 0) is 24.3 Å². The Labute approximate surface area is 148 Å². The second-order valence-corrected chi connectivity index (χ2v) is 5.97. The molecule has 7 heteroatoms. The Morgan fingerprint density at radius 3 is 2.76 bits per heavy atom. The quantitative estimate of drug-likeness (QED) is 0.614. The van der Waals surface area contributed by atoms with E-state index in [1.807, 2.05) is 47.0 Å². The summed E-state index contributed by atoms with van der Waals surface area (Å²) < 4.78 is 3.50. The number of rotatable bonds is 4. The Morgan fingerprint density at radius 1 is 1.08 bits per heavy atom. The largest absolute Gasteiger partial charge is 0.346 e. The van der Waals surface area contributed by atoms with Gasteiger partial charge in [-0.2, -0.15) is 5.10 Å². The Kier molecular flexibility index (Phi) is 3.95. The van der Waals surface area contributed by atoms with Gasteiger partial charge in [-0.15, -0.1) is 0 Å². The van der Waals surface area contributed by atoms with Crippen molar-refractivity contribution < 1.29 is 4.79 Å². The third-order valence-electron chi connectivity index (χ3n) is 3.76. The van der Waals surface area contributed by atoms with Gasteiger partial charge in [0.2, 0.25) is 0 Å². The minimum Gasteiger partial charge on any atom is -0.346 e. The summed E-state index contributed by atoms with van der Waals surface area (Å²) in [5, 5.41) is 7.72. The molecule has 0 aliphatic rings. The van der Waals surface area contributed by atoms with Gasteiger partial charge in [-0.1, -0.05) is 29.8 Å². The topological polar surface area (TPSA) is 64.2 Å². The standard InChI is InChI=1S/C18H14ClN5O/c19-14-6-7-17-22-15(12-23(17)11-14)9-20-18(25)13-8-21-24(10-13)16-4-2-1-3-5-16/h1-8,10-12H,9H2,(H,20,25). The van der Waals surface area contributed by atoms with Crippen molar-refractivity contribution in [3.8, 4) is 5.69 Å². The number of carbonyl (C=O) groups excluding carboxylic acids is 1. The van der Waals surface area contributed by atoms with Crippen molar-refractivity contribution >= 4 is 23.2 Å². The van der Waals surface area contributed by atoms with Crippen molar-refractivity contribution in [3.05, 3.63) is 83.5 Å². The second kappa shape index (κ2) is 6.41. The summed E-state index contributed by atoms with van der Waals surface area (Å²) in [4.78, 5) is 16.8. The fraction of sp³-hybridized carbons (Fsp3) is 0.0556. The highest BCUT2D eigenvalue weighted by atomic mass is 35.5. The number of pyridine rings is 1. The van der Waals surface area contributed by atoms with Gasteiger partial charge in [0.25, 0.3) is 5.91 Å². The maximum absolute atomic E-state index is 12.3. The summed E-state index contributed by atoms with van der Waals surface area (Å²) in [5.41, 5.74) is 2.94. The number of nitrogens with one attached hydrogen (secondary N) is 1. The molecule has 1 amide bonds. The molecule has 0 atom stereocenters. The molecule has 0 fully saturated rings. The van der Waals surface area contributed by atoms with E-state index < -0.39 is 0 Å². The molecular formula is C18H14ClN5O. The fourth-order valence-electron chi connectivity index (χ4n) is 2.54. The molecule has 4 rings (SSSR count). The summed E-state index contributed by atoms with van der Waals surface area (Å²) in [6, 6.07) is 13.2. The predicted octanol–water partition coefficient (Wildman–Crippen LogP) is 3.10. The van der Waals surface area contributed by atoms with Crippen LogP contribution in [-0.4, -0.2) is 25.1 Å². The normalized spacial score (nSPS) is 10.9. The number of amides is 1. The molecule has 0 aliphatic heterocycles. The smallest absolute Gasteiger partial charge is 0.254 e. The third-order valence-corrected chi connectivity index (χ3v) is 3.98. The molecule has 25 heavy (non-hydrogen) atoms. The fourth-order valence-corrected chi connectivity index (χ4v) is 2.71. The first-order valence-electron chi connectivity index (χ1n) is 7.70. The first kappa shape index (κ1) is 15.4. The predicted molar refractivity (Wildman–Crippen MR) is 94.9 cm³/mol. The summed E-state index contributed by atoms with van der Waals surface area (Å²) in [6.45, 7) is 0.328. The number of imidazole rings is 1. The van der Waals surface area contributed by atoms with Crippen molar-refractivity contribution in [1.29, 1.82) is 0 Å². The van der Waals surface area contributed by atoms with Gasteiger partial charge in [0.1, 0.15) is 5.65 Å². The van der Waals surface area contributed by atoms with Gasteiger partial charge in [0.05, 0.1) is 34.7 Å². The molecule has 1 N–H and O–H groups in total. The average molecular weight is 352 g/mol. The minimum absolute atomic E-state index is 0.197. The zero-order valence-electron chi connectivity index (χ0n) is 13.1. The van der Waals surface area contributed by atoms with E-state index in [9.17, 15) is 4.79 Å². The van der Waals surface area contributed by atoms with Crippen LogP contribution < -0.4 is 5.32 Å². The van der Waals surface area contributed by atoms with Crippen LogP contribution in [0, 0.1) is 0 Å². The van der Waals surface area contributed by atoms with E-state index in [-0.39, 0.29) is 5.91 Å². The first-order chi connectivity index (χ1) is 12.2. The van der Waals surface area contributed by atoms with Crippen LogP contribution in [0.5, 0.6) is 0 Å². The van der Waals surface area contributed by atoms with Gasteiger partial charge in [0.15, 0.2) is 0 Å². The maximum atomic E-state index is 12.3. The Morgan fingerprint density at radius 2 is 1.92 bits per heavy atom. The van der Waals surface area contributed by atoms with E-state index in [2.05, 4.69) is 15.4 Å². The molecule has 3 heterocycles. The van der Waals surface area contributed by atoms with E-state index in [1.54, 1.807) is 29.3 Å². The average Bonchev–Trinajstić information content (AvgIpc) is 3.27. The number of hydrogen-bond acceptors (Lipinski definition) is 3. The lowest BCUT2D eigenvalue weighted by Crippen LogP contribution is -2.22. The van der Waals surface area contributed by atoms with Crippen LogP contribution in [0.4, 0.5) is 0 Å². The van der Waals surface area contributed by atoms with E-state index in [4.69, 9.17) is 11.6 Å². The molecule has 4 aromatic rings. The van der Waals surface area contributed by atoms with Crippen LogP contribution >= 0.6 is 11.6 Å². The number of carbonyl (C=O) groups is 1. The number of para-hydroxylation sites is 1. The Hall–Kier alpha value is -3.12. The van der Waals surface area contributed by atoms with Gasteiger partial charge in [-0.25, -0.2) is 9.67 Å². The summed E-state index contributed by atoms with van der Waals surface area (Å²) in [5.74, 6) is -0.197. The lowest BCUT2D eigenvalue weighted by atomic mass is 10.3.